The molecule has 0 unspecified atom stereocenters. The lowest BCUT2D eigenvalue weighted by molar-refractivity contribution is -0.913. The SMILES string of the molecule is CC(C)N([N+](=O)[O-])[N+](=O)[O-]. The molecule has 7 nitrogen and oxygen atoms in total. The molecule has 10 heavy (non-hydrogen) atoms. The molecule has 0 aromatic carbocycles. The molecule has 0 aliphatic carbocycles. The summed E-state index contributed by atoms with van der Waals surface area (Å²) in [5.74, 6) is 0. The molecule has 7 heteroatoms. The van der Waals surface area contributed by atoms with E-state index in [9.17, 15) is 20.2 Å². The lowest BCUT2D eigenvalue weighted by atomic mass is 10.4. The normalized spacial score (nSPS) is 9.50. The Morgan fingerprint density at radius 2 is 1.50 bits per heavy atom. The van der Waals surface area contributed by atoms with Crippen LogP contribution in [0.25, 0.3) is 0 Å². The van der Waals surface area contributed by atoms with Crippen LogP contribution in [0.3, 0.4) is 0 Å². The lowest BCUT2D eigenvalue weighted by Gasteiger charge is -2.05. The summed E-state index contributed by atoms with van der Waals surface area (Å²) in [7, 11) is 0. The van der Waals surface area contributed by atoms with E-state index >= 15 is 0 Å². The van der Waals surface area contributed by atoms with Crippen molar-refractivity contribution < 1.29 is 10.1 Å². The van der Waals surface area contributed by atoms with Gasteiger partial charge in [-0.05, 0) is 13.8 Å². The number of hydrazine groups is 2. The van der Waals surface area contributed by atoms with Gasteiger partial charge in [0.1, 0.15) is 0 Å². The van der Waals surface area contributed by atoms with Crippen LogP contribution in [0.2, 0.25) is 0 Å². The van der Waals surface area contributed by atoms with E-state index in [2.05, 4.69) is 0 Å². The number of nitro groups is 2. The topological polar surface area (TPSA) is 89.5 Å². The van der Waals surface area contributed by atoms with Gasteiger partial charge in [0.05, 0.1) is 0 Å². The largest absolute Gasteiger partial charge is 0.230 e. The molecule has 0 bridgehead atoms. The molecular formula is C3H7N3O4. The van der Waals surface area contributed by atoms with Gasteiger partial charge in [0, 0.05) is 0 Å². The zero-order valence-electron chi connectivity index (χ0n) is 5.55. The molecule has 0 fully saturated rings. The van der Waals surface area contributed by atoms with Gasteiger partial charge in [0.15, 0.2) is 11.2 Å². The summed E-state index contributed by atoms with van der Waals surface area (Å²) in [5, 5.41) is 17.6. The maximum atomic E-state index is 9.87. The van der Waals surface area contributed by atoms with Gasteiger partial charge in [-0.3, -0.25) is 0 Å². The predicted molar refractivity (Wildman–Crippen MR) is 31.0 cm³/mol. The zero-order valence-corrected chi connectivity index (χ0v) is 5.55. The van der Waals surface area contributed by atoms with Crippen molar-refractivity contribution in [3.05, 3.63) is 20.2 Å². The Morgan fingerprint density at radius 1 is 1.20 bits per heavy atom. The van der Waals surface area contributed by atoms with E-state index in [0.29, 0.717) is 0 Å². The first-order valence-corrected chi connectivity index (χ1v) is 2.54. The molecule has 0 heterocycles. The summed E-state index contributed by atoms with van der Waals surface area (Å²) < 4.78 is 0. The van der Waals surface area contributed by atoms with Crippen molar-refractivity contribution in [1.82, 2.24) is 5.12 Å². The second-order valence-electron chi connectivity index (χ2n) is 1.89. The minimum absolute atomic E-state index is 0.0556. The van der Waals surface area contributed by atoms with Gasteiger partial charge in [0.2, 0.25) is 10.1 Å². The Kier molecular flexibility index (Phi) is 2.53. The second-order valence-corrected chi connectivity index (χ2v) is 1.89. The highest BCUT2D eigenvalue weighted by molar-refractivity contribution is 4.37. The monoisotopic (exact) mass is 149 g/mol. The highest BCUT2D eigenvalue weighted by Crippen LogP contribution is 1.96. The first-order chi connectivity index (χ1) is 4.46. The molecule has 0 atom stereocenters. The molecule has 0 aliphatic rings. The molecule has 0 aromatic rings. The van der Waals surface area contributed by atoms with E-state index < -0.39 is 16.1 Å². The summed E-state index contributed by atoms with van der Waals surface area (Å²) in [4.78, 5) is 19.7. The van der Waals surface area contributed by atoms with Gasteiger partial charge < -0.3 is 0 Å². The number of hydrogen-bond acceptors (Lipinski definition) is 4. The summed E-state index contributed by atoms with van der Waals surface area (Å²) in [6, 6.07) is -0.731. The van der Waals surface area contributed by atoms with E-state index in [-0.39, 0.29) is 5.12 Å². The third-order valence-electron chi connectivity index (χ3n) is 0.797. The minimum atomic E-state index is -1.05. The highest BCUT2D eigenvalue weighted by atomic mass is 16.8. The van der Waals surface area contributed by atoms with Crippen molar-refractivity contribution in [3.8, 4) is 0 Å². The highest BCUT2D eigenvalue weighted by Gasteiger charge is 2.30. The van der Waals surface area contributed by atoms with Crippen molar-refractivity contribution in [2.45, 2.75) is 19.9 Å². The van der Waals surface area contributed by atoms with Gasteiger partial charge in [0.25, 0.3) is 0 Å². The van der Waals surface area contributed by atoms with Crippen molar-refractivity contribution in [1.29, 1.82) is 0 Å². The lowest BCUT2D eigenvalue weighted by Crippen LogP contribution is -2.40. The molecule has 58 valence electrons. The fraction of sp³-hybridized carbons (Fsp3) is 1.00. The maximum Gasteiger partial charge on any atom is 0.223 e. The van der Waals surface area contributed by atoms with Gasteiger partial charge in [-0.25, -0.2) is 20.2 Å². The Labute approximate surface area is 56.5 Å². The first-order valence-electron chi connectivity index (χ1n) is 2.54. The molecule has 0 radical (unpaired) electrons. The van der Waals surface area contributed by atoms with Crippen LogP contribution in [0, 0.1) is 20.2 Å². The van der Waals surface area contributed by atoms with Crippen LogP contribution >= 0.6 is 0 Å². The van der Waals surface area contributed by atoms with Gasteiger partial charge >= 0.3 is 0 Å². The van der Waals surface area contributed by atoms with E-state index in [1.54, 1.807) is 0 Å². The zero-order chi connectivity index (χ0) is 8.31. The van der Waals surface area contributed by atoms with E-state index in [4.69, 9.17) is 0 Å². The smallest absolute Gasteiger partial charge is 0.223 e. The fourth-order valence-electron chi connectivity index (χ4n) is 0.437. The third kappa shape index (κ3) is 1.84. The van der Waals surface area contributed by atoms with Crippen molar-refractivity contribution in [2.24, 2.45) is 0 Å². The van der Waals surface area contributed by atoms with Crippen LogP contribution in [0.15, 0.2) is 0 Å². The molecule has 0 aromatic heterocycles. The average Bonchev–Trinajstić information content (AvgIpc) is 1.59. The maximum absolute atomic E-state index is 9.87. The number of hydrogen-bond donors (Lipinski definition) is 0. The average molecular weight is 149 g/mol. The molecule has 0 N–H and O–H groups in total. The fourth-order valence-corrected chi connectivity index (χ4v) is 0.437. The van der Waals surface area contributed by atoms with Crippen LogP contribution < -0.4 is 0 Å². The van der Waals surface area contributed by atoms with Crippen molar-refractivity contribution >= 4 is 0 Å². The standard InChI is InChI=1S/C3H7N3O4/c1-3(2)4(5(7)8)6(9)10/h3H,1-2H3. The molecule has 0 saturated carbocycles. The first kappa shape index (κ1) is 8.60. The molecule has 0 saturated heterocycles. The molecule has 0 amide bonds. The van der Waals surface area contributed by atoms with Crippen molar-refractivity contribution in [2.75, 3.05) is 0 Å². The Bertz CT molecular complexity index is 142. The van der Waals surface area contributed by atoms with Gasteiger partial charge in [-0.1, -0.05) is 0 Å². The Hall–Kier alpha value is -1.40. The van der Waals surface area contributed by atoms with Crippen molar-refractivity contribution in [3.63, 3.8) is 0 Å². The molecule has 0 aliphatic heterocycles. The van der Waals surface area contributed by atoms with E-state index in [1.807, 2.05) is 0 Å². The Balaban J connectivity index is 4.27. The minimum Gasteiger partial charge on any atom is -0.230 e. The summed E-state index contributed by atoms with van der Waals surface area (Å²) in [6.45, 7) is 2.73. The van der Waals surface area contributed by atoms with Gasteiger partial charge in [-0.2, -0.15) is 0 Å². The van der Waals surface area contributed by atoms with Crippen LogP contribution in [-0.4, -0.2) is 21.2 Å². The van der Waals surface area contributed by atoms with Crippen LogP contribution in [0.4, 0.5) is 0 Å². The van der Waals surface area contributed by atoms with Gasteiger partial charge in [-0.15, -0.1) is 0 Å². The summed E-state index contributed by atoms with van der Waals surface area (Å²) >= 11 is 0. The third-order valence-corrected chi connectivity index (χ3v) is 0.797. The molecule has 0 rings (SSSR count). The number of nitrogens with zero attached hydrogens (tertiary/aromatic N) is 3. The number of rotatable bonds is 3. The summed E-state index contributed by atoms with van der Waals surface area (Å²) in [6.07, 6.45) is 0. The molecular weight excluding hydrogens is 142 g/mol. The Morgan fingerprint density at radius 3 is 1.50 bits per heavy atom. The van der Waals surface area contributed by atoms with Crippen LogP contribution in [0.5, 0.6) is 0 Å². The van der Waals surface area contributed by atoms with Crippen LogP contribution in [0.1, 0.15) is 13.8 Å². The summed E-state index contributed by atoms with van der Waals surface area (Å²) in [5.41, 5.74) is 0. The van der Waals surface area contributed by atoms with E-state index in [1.165, 1.54) is 13.8 Å². The second kappa shape index (κ2) is 2.95. The van der Waals surface area contributed by atoms with E-state index in [0.717, 1.165) is 0 Å². The van der Waals surface area contributed by atoms with Crippen LogP contribution in [-0.2, 0) is 0 Å². The quantitative estimate of drug-likeness (QED) is 0.418. The predicted octanol–water partition coefficient (Wildman–Crippen LogP) is 0.0802. The molecule has 0 spiro atoms.